The monoisotopic (exact) mass is 264 g/mol. The Morgan fingerprint density at radius 2 is 2.28 bits per heavy atom. The lowest BCUT2D eigenvalue weighted by Gasteiger charge is -2.11. The van der Waals surface area contributed by atoms with Gasteiger partial charge in [-0.1, -0.05) is 19.1 Å². The van der Waals surface area contributed by atoms with E-state index in [9.17, 15) is 4.79 Å². The second kappa shape index (κ2) is 5.82. The number of benzene rings is 1. The molecule has 2 rings (SSSR count). The number of rotatable bonds is 6. The molecule has 0 radical (unpaired) electrons. The lowest BCUT2D eigenvalue weighted by molar-refractivity contribution is -0.137. The number of nitrogens with zero attached hydrogens (tertiary/aromatic N) is 1. The number of carboxylic acids is 1. The number of carboxylic acid groups (broad SMARTS) is 1. The van der Waals surface area contributed by atoms with Gasteiger partial charge in [-0.25, -0.2) is 0 Å². The van der Waals surface area contributed by atoms with Gasteiger partial charge in [-0.3, -0.25) is 4.79 Å². The molecule has 0 bridgehead atoms. The van der Waals surface area contributed by atoms with Crippen molar-refractivity contribution in [2.75, 3.05) is 11.9 Å². The van der Waals surface area contributed by atoms with E-state index < -0.39 is 5.97 Å². The van der Waals surface area contributed by atoms with E-state index in [1.807, 2.05) is 24.3 Å². The fourth-order valence-corrected chi connectivity index (χ4v) is 2.52. The molecule has 0 amide bonds. The highest BCUT2D eigenvalue weighted by atomic mass is 32.1. The van der Waals surface area contributed by atoms with Crippen LogP contribution >= 0.6 is 11.5 Å². The SMILES string of the molecule is CC(CCC(=O)O)CNc1snc2ccccc12. The van der Waals surface area contributed by atoms with Crippen LogP contribution in [0.5, 0.6) is 0 Å². The van der Waals surface area contributed by atoms with E-state index in [2.05, 4.69) is 16.6 Å². The smallest absolute Gasteiger partial charge is 0.303 e. The van der Waals surface area contributed by atoms with Crippen LogP contribution in [-0.4, -0.2) is 22.0 Å². The summed E-state index contributed by atoms with van der Waals surface area (Å²) in [4.78, 5) is 10.5. The molecule has 5 heteroatoms. The highest BCUT2D eigenvalue weighted by Crippen LogP contribution is 2.27. The van der Waals surface area contributed by atoms with Gasteiger partial charge >= 0.3 is 5.97 Å². The summed E-state index contributed by atoms with van der Waals surface area (Å²) >= 11 is 1.45. The number of aromatic nitrogens is 1. The van der Waals surface area contributed by atoms with Gasteiger partial charge in [0.2, 0.25) is 0 Å². The third-order valence-corrected chi connectivity index (χ3v) is 3.68. The maximum Gasteiger partial charge on any atom is 0.303 e. The van der Waals surface area contributed by atoms with Crippen molar-refractivity contribution in [2.45, 2.75) is 19.8 Å². The minimum atomic E-state index is -0.731. The molecule has 0 saturated carbocycles. The van der Waals surface area contributed by atoms with Crippen molar-refractivity contribution in [3.63, 3.8) is 0 Å². The van der Waals surface area contributed by atoms with Gasteiger partial charge in [0, 0.05) is 18.4 Å². The van der Waals surface area contributed by atoms with Crippen LogP contribution in [-0.2, 0) is 4.79 Å². The number of aliphatic carboxylic acids is 1. The first-order chi connectivity index (χ1) is 8.66. The molecule has 0 spiro atoms. The Labute approximate surface area is 110 Å². The summed E-state index contributed by atoms with van der Waals surface area (Å²) in [6.45, 7) is 2.83. The van der Waals surface area contributed by atoms with Gasteiger partial charge in [0.25, 0.3) is 0 Å². The van der Waals surface area contributed by atoms with Gasteiger partial charge in [0.15, 0.2) is 0 Å². The average molecular weight is 264 g/mol. The lowest BCUT2D eigenvalue weighted by atomic mass is 10.1. The number of nitrogens with one attached hydrogen (secondary N) is 1. The molecular formula is C13H16N2O2S. The molecule has 1 heterocycles. The number of carbonyl (C=O) groups is 1. The largest absolute Gasteiger partial charge is 0.481 e. The fourth-order valence-electron chi connectivity index (χ4n) is 1.76. The quantitative estimate of drug-likeness (QED) is 0.841. The van der Waals surface area contributed by atoms with E-state index in [0.29, 0.717) is 12.3 Å². The standard InChI is InChI=1S/C13H16N2O2S/c1-9(6-7-12(16)17)8-14-13-10-4-2-3-5-11(10)15-18-13/h2-5,9,14H,6-8H2,1H3,(H,16,17). The zero-order valence-corrected chi connectivity index (χ0v) is 11.0. The van der Waals surface area contributed by atoms with Crippen LogP contribution in [0.25, 0.3) is 10.9 Å². The zero-order chi connectivity index (χ0) is 13.0. The van der Waals surface area contributed by atoms with E-state index in [1.165, 1.54) is 11.5 Å². The summed E-state index contributed by atoms with van der Waals surface area (Å²) in [6.07, 6.45) is 0.922. The highest BCUT2D eigenvalue weighted by Gasteiger charge is 2.08. The third-order valence-electron chi connectivity index (χ3n) is 2.85. The molecule has 1 atom stereocenters. The first kappa shape index (κ1) is 12.8. The number of hydrogen-bond donors (Lipinski definition) is 2. The molecule has 2 aromatic rings. The molecular weight excluding hydrogens is 248 g/mol. The van der Waals surface area contributed by atoms with Gasteiger partial charge in [0.1, 0.15) is 5.00 Å². The molecule has 0 fully saturated rings. The Kier molecular flexibility index (Phi) is 4.15. The van der Waals surface area contributed by atoms with Gasteiger partial charge < -0.3 is 10.4 Å². The second-order valence-electron chi connectivity index (χ2n) is 4.45. The van der Waals surface area contributed by atoms with Crippen molar-refractivity contribution >= 4 is 33.4 Å². The normalized spacial score (nSPS) is 12.5. The maximum atomic E-state index is 10.5. The predicted octanol–water partition coefficient (Wildman–Crippen LogP) is 3.21. The molecule has 0 saturated heterocycles. The van der Waals surface area contributed by atoms with Crippen LogP contribution < -0.4 is 5.32 Å². The fraction of sp³-hybridized carbons (Fsp3) is 0.385. The highest BCUT2D eigenvalue weighted by molar-refractivity contribution is 7.11. The number of anilines is 1. The molecule has 2 N–H and O–H groups in total. The molecule has 0 aliphatic carbocycles. The zero-order valence-electron chi connectivity index (χ0n) is 10.2. The van der Waals surface area contributed by atoms with E-state index in [1.54, 1.807) is 0 Å². The van der Waals surface area contributed by atoms with Gasteiger partial charge in [-0.05, 0) is 36.0 Å². The van der Waals surface area contributed by atoms with Crippen molar-refractivity contribution in [3.05, 3.63) is 24.3 Å². The summed E-state index contributed by atoms with van der Waals surface area (Å²) in [5.41, 5.74) is 1.00. The Hall–Kier alpha value is -1.62. The molecule has 0 aliphatic rings. The topological polar surface area (TPSA) is 62.2 Å². The molecule has 1 aromatic carbocycles. The Morgan fingerprint density at radius 3 is 3.06 bits per heavy atom. The van der Waals surface area contributed by atoms with Crippen LogP contribution in [0.1, 0.15) is 19.8 Å². The first-order valence-electron chi connectivity index (χ1n) is 5.97. The summed E-state index contributed by atoms with van der Waals surface area (Å²) in [6, 6.07) is 8.00. The lowest BCUT2D eigenvalue weighted by Crippen LogP contribution is -2.12. The summed E-state index contributed by atoms with van der Waals surface area (Å²) in [5, 5.41) is 14.2. The van der Waals surface area contributed by atoms with Gasteiger partial charge in [0.05, 0.1) is 5.52 Å². The van der Waals surface area contributed by atoms with E-state index in [4.69, 9.17) is 5.11 Å². The van der Waals surface area contributed by atoms with Gasteiger partial charge in [-0.15, -0.1) is 0 Å². The molecule has 0 aliphatic heterocycles. The third kappa shape index (κ3) is 3.20. The average Bonchev–Trinajstić information content (AvgIpc) is 2.77. The van der Waals surface area contributed by atoms with E-state index >= 15 is 0 Å². The summed E-state index contributed by atoms with van der Waals surface area (Å²) in [7, 11) is 0. The number of hydrogen-bond acceptors (Lipinski definition) is 4. The van der Waals surface area contributed by atoms with Crippen molar-refractivity contribution < 1.29 is 9.90 Å². The van der Waals surface area contributed by atoms with Crippen LogP contribution in [0.4, 0.5) is 5.00 Å². The Balaban J connectivity index is 1.92. The Bertz CT molecular complexity index is 539. The molecule has 18 heavy (non-hydrogen) atoms. The molecule has 1 aromatic heterocycles. The van der Waals surface area contributed by atoms with Crippen molar-refractivity contribution in [3.8, 4) is 0 Å². The van der Waals surface area contributed by atoms with E-state index in [0.717, 1.165) is 22.4 Å². The minimum absolute atomic E-state index is 0.228. The van der Waals surface area contributed by atoms with Crippen LogP contribution in [0, 0.1) is 5.92 Å². The summed E-state index contributed by atoms with van der Waals surface area (Å²) < 4.78 is 4.36. The summed E-state index contributed by atoms with van der Waals surface area (Å²) in [5.74, 6) is -0.396. The van der Waals surface area contributed by atoms with Crippen molar-refractivity contribution in [1.29, 1.82) is 0 Å². The Morgan fingerprint density at radius 1 is 1.50 bits per heavy atom. The predicted molar refractivity (Wildman–Crippen MR) is 74.1 cm³/mol. The minimum Gasteiger partial charge on any atom is -0.481 e. The maximum absolute atomic E-state index is 10.5. The molecule has 4 nitrogen and oxygen atoms in total. The molecule has 1 unspecified atom stereocenters. The second-order valence-corrected chi connectivity index (χ2v) is 5.22. The van der Waals surface area contributed by atoms with E-state index in [-0.39, 0.29) is 6.42 Å². The van der Waals surface area contributed by atoms with Crippen molar-refractivity contribution in [1.82, 2.24) is 4.37 Å². The first-order valence-corrected chi connectivity index (χ1v) is 6.74. The molecule has 96 valence electrons. The van der Waals surface area contributed by atoms with Crippen molar-refractivity contribution in [2.24, 2.45) is 5.92 Å². The van der Waals surface area contributed by atoms with Crippen LogP contribution in [0.3, 0.4) is 0 Å². The van der Waals surface area contributed by atoms with Crippen LogP contribution in [0.15, 0.2) is 24.3 Å². The van der Waals surface area contributed by atoms with Gasteiger partial charge in [-0.2, -0.15) is 4.37 Å². The van der Waals surface area contributed by atoms with Crippen LogP contribution in [0.2, 0.25) is 0 Å². The number of fused-ring (bicyclic) bond motifs is 1.